The minimum absolute atomic E-state index is 0.0160. The van der Waals surface area contributed by atoms with Gasteiger partial charge in [-0.3, -0.25) is 4.79 Å². The van der Waals surface area contributed by atoms with Gasteiger partial charge in [0.2, 0.25) is 5.91 Å². The normalized spacial score (nSPS) is 17.4. The van der Waals surface area contributed by atoms with E-state index in [2.05, 4.69) is 10.3 Å². The van der Waals surface area contributed by atoms with Crippen LogP contribution in [-0.2, 0) is 11.3 Å². The molecule has 23 heavy (non-hydrogen) atoms. The Morgan fingerprint density at radius 3 is 2.70 bits per heavy atom. The van der Waals surface area contributed by atoms with Crippen molar-refractivity contribution in [1.82, 2.24) is 19.9 Å². The second-order valence-corrected chi connectivity index (χ2v) is 5.84. The molecule has 1 saturated heterocycles. The molecule has 3 rings (SSSR count). The quantitative estimate of drug-likeness (QED) is 0.923. The third-order valence-corrected chi connectivity index (χ3v) is 4.13. The number of amides is 1. The minimum Gasteiger partial charge on any atom is -0.476 e. The van der Waals surface area contributed by atoms with Gasteiger partial charge in [0.15, 0.2) is 5.69 Å². The van der Waals surface area contributed by atoms with E-state index < -0.39 is 5.97 Å². The number of benzene rings is 1. The minimum atomic E-state index is -1.16. The molecule has 1 fully saturated rings. The summed E-state index contributed by atoms with van der Waals surface area (Å²) >= 11 is 5.91. The lowest BCUT2D eigenvalue weighted by Crippen LogP contribution is -2.33. The zero-order chi connectivity index (χ0) is 16.4. The Kier molecular flexibility index (Phi) is 4.29. The van der Waals surface area contributed by atoms with Crippen molar-refractivity contribution < 1.29 is 14.7 Å². The van der Waals surface area contributed by atoms with E-state index in [4.69, 9.17) is 16.7 Å². The maximum atomic E-state index is 12.5. The Morgan fingerprint density at radius 2 is 2.04 bits per heavy atom. The van der Waals surface area contributed by atoms with Crippen molar-refractivity contribution in [3.63, 3.8) is 0 Å². The molecule has 1 aliphatic rings. The summed E-state index contributed by atoms with van der Waals surface area (Å²) in [5.41, 5.74) is 0.874. The maximum absolute atomic E-state index is 12.5. The van der Waals surface area contributed by atoms with Crippen molar-refractivity contribution in [2.45, 2.75) is 25.4 Å². The first-order valence-corrected chi connectivity index (χ1v) is 7.61. The SMILES string of the molecule is O=C(O)c1cn(CC(=O)N2CCCC2c2ccc(Cl)cc2)nn1. The zero-order valence-corrected chi connectivity index (χ0v) is 13.0. The molecule has 8 heteroatoms. The van der Waals surface area contributed by atoms with Gasteiger partial charge < -0.3 is 10.0 Å². The fourth-order valence-corrected chi connectivity index (χ4v) is 2.93. The Hall–Kier alpha value is -2.41. The lowest BCUT2D eigenvalue weighted by Gasteiger charge is -2.25. The van der Waals surface area contributed by atoms with Gasteiger partial charge in [-0.1, -0.05) is 28.9 Å². The van der Waals surface area contributed by atoms with Crippen LogP contribution >= 0.6 is 11.6 Å². The molecule has 1 unspecified atom stereocenters. The molecule has 2 heterocycles. The van der Waals surface area contributed by atoms with Crippen LogP contribution in [0.25, 0.3) is 0 Å². The number of aromatic carboxylic acids is 1. The standard InChI is InChI=1S/C15H15ClN4O3/c16-11-5-3-10(4-6-11)13-2-1-7-20(13)14(21)9-19-8-12(15(22)23)17-18-19/h3-6,8,13H,1-2,7,9H2,(H,22,23). The molecule has 1 aliphatic heterocycles. The molecule has 1 atom stereocenters. The highest BCUT2D eigenvalue weighted by Gasteiger charge is 2.30. The van der Waals surface area contributed by atoms with Crippen molar-refractivity contribution in [1.29, 1.82) is 0 Å². The smallest absolute Gasteiger partial charge is 0.358 e. The number of nitrogens with zero attached hydrogens (tertiary/aromatic N) is 4. The first kappa shape index (κ1) is 15.5. The summed E-state index contributed by atoms with van der Waals surface area (Å²) in [5.74, 6) is -1.27. The van der Waals surface area contributed by atoms with Gasteiger partial charge in [-0.25, -0.2) is 9.48 Å². The summed E-state index contributed by atoms with van der Waals surface area (Å²) < 4.78 is 1.25. The summed E-state index contributed by atoms with van der Waals surface area (Å²) in [6, 6.07) is 7.50. The van der Waals surface area contributed by atoms with Crippen molar-refractivity contribution in [3.05, 3.63) is 46.7 Å². The highest BCUT2D eigenvalue weighted by atomic mass is 35.5. The number of aromatic nitrogens is 3. The van der Waals surface area contributed by atoms with Gasteiger partial charge in [0.25, 0.3) is 0 Å². The number of carboxylic acid groups (broad SMARTS) is 1. The molecule has 1 aromatic heterocycles. The van der Waals surface area contributed by atoms with Crippen LogP contribution in [0.15, 0.2) is 30.5 Å². The number of carboxylic acids is 1. The van der Waals surface area contributed by atoms with Gasteiger partial charge >= 0.3 is 5.97 Å². The lowest BCUT2D eigenvalue weighted by molar-refractivity contribution is -0.133. The van der Waals surface area contributed by atoms with Crippen LogP contribution in [0.1, 0.15) is 34.9 Å². The van der Waals surface area contributed by atoms with Crippen LogP contribution in [0.5, 0.6) is 0 Å². The Morgan fingerprint density at radius 1 is 1.30 bits per heavy atom. The molecule has 2 aromatic rings. The molecule has 1 N–H and O–H groups in total. The Labute approximate surface area is 137 Å². The number of hydrogen-bond acceptors (Lipinski definition) is 4. The van der Waals surface area contributed by atoms with Crippen molar-refractivity contribution in [3.8, 4) is 0 Å². The molecule has 0 aliphatic carbocycles. The Balaban J connectivity index is 1.72. The molecular formula is C15H15ClN4O3. The van der Waals surface area contributed by atoms with E-state index >= 15 is 0 Å². The predicted octanol–water partition coefficient (Wildman–Crippen LogP) is 1.99. The molecule has 0 spiro atoms. The topological polar surface area (TPSA) is 88.3 Å². The van der Waals surface area contributed by atoms with Crippen LogP contribution in [-0.4, -0.2) is 43.4 Å². The first-order valence-electron chi connectivity index (χ1n) is 7.23. The monoisotopic (exact) mass is 334 g/mol. The summed E-state index contributed by atoms with van der Waals surface area (Å²) in [6.45, 7) is 0.650. The van der Waals surface area contributed by atoms with Crippen molar-refractivity contribution >= 4 is 23.5 Å². The number of hydrogen-bond donors (Lipinski definition) is 1. The molecule has 1 amide bonds. The summed E-state index contributed by atoms with van der Waals surface area (Å²) in [4.78, 5) is 25.1. The van der Waals surface area contributed by atoms with E-state index in [-0.39, 0.29) is 24.2 Å². The van der Waals surface area contributed by atoms with Gasteiger partial charge in [-0.15, -0.1) is 5.10 Å². The van der Waals surface area contributed by atoms with Gasteiger partial charge in [-0.2, -0.15) is 0 Å². The number of carbonyl (C=O) groups excluding carboxylic acids is 1. The van der Waals surface area contributed by atoms with Crippen molar-refractivity contribution in [2.24, 2.45) is 0 Å². The van der Waals surface area contributed by atoms with E-state index in [0.29, 0.717) is 11.6 Å². The fraction of sp³-hybridized carbons (Fsp3) is 0.333. The van der Waals surface area contributed by atoms with Crippen LogP contribution < -0.4 is 0 Å². The Bertz CT molecular complexity index is 729. The number of rotatable bonds is 4. The van der Waals surface area contributed by atoms with Crippen molar-refractivity contribution in [2.75, 3.05) is 6.54 Å². The average molecular weight is 335 g/mol. The summed E-state index contributed by atoms with van der Waals surface area (Å²) in [6.07, 6.45) is 3.08. The number of likely N-dealkylation sites (tertiary alicyclic amines) is 1. The number of halogens is 1. The largest absolute Gasteiger partial charge is 0.476 e. The van der Waals surface area contributed by atoms with Crippen LogP contribution in [0.3, 0.4) is 0 Å². The maximum Gasteiger partial charge on any atom is 0.358 e. The lowest BCUT2D eigenvalue weighted by atomic mass is 10.0. The summed E-state index contributed by atoms with van der Waals surface area (Å²) in [5, 5.41) is 16.7. The average Bonchev–Trinajstić information content (AvgIpc) is 3.16. The molecule has 7 nitrogen and oxygen atoms in total. The summed E-state index contributed by atoms with van der Waals surface area (Å²) in [7, 11) is 0. The van der Waals surface area contributed by atoms with Gasteiger partial charge in [0.05, 0.1) is 12.2 Å². The van der Waals surface area contributed by atoms with E-state index in [1.54, 1.807) is 4.90 Å². The third-order valence-electron chi connectivity index (χ3n) is 3.88. The molecule has 120 valence electrons. The third kappa shape index (κ3) is 3.34. The second kappa shape index (κ2) is 6.37. The first-order chi connectivity index (χ1) is 11.0. The number of carbonyl (C=O) groups is 2. The zero-order valence-electron chi connectivity index (χ0n) is 12.2. The van der Waals surface area contributed by atoms with E-state index in [1.165, 1.54) is 10.9 Å². The van der Waals surface area contributed by atoms with E-state index in [1.807, 2.05) is 24.3 Å². The fourth-order valence-electron chi connectivity index (χ4n) is 2.80. The van der Waals surface area contributed by atoms with E-state index in [9.17, 15) is 9.59 Å². The molecule has 0 bridgehead atoms. The van der Waals surface area contributed by atoms with Gasteiger partial charge in [0.1, 0.15) is 6.54 Å². The highest BCUT2D eigenvalue weighted by molar-refractivity contribution is 6.30. The molecular weight excluding hydrogens is 320 g/mol. The highest BCUT2D eigenvalue weighted by Crippen LogP contribution is 2.32. The predicted molar refractivity (Wildman–Crippen MR) is 82.1 cm³/mol. The van der Waals surface area contributed by atoms with Crippen LogP contribution in [0.2, 0.25) is 5.02 Å². The molecule has 0 saturated carbocycles. The van der Waals surface area contributed by atoms with E-state index in [0.717, 1.165) is 18.4 Å². The van der Waals surface area contributed by atoms with Crippen LogP contribution in [0.4, 0.5) is 0 Å². The molecule has 0 radical (unpaired) electrons. The van der Waals surface area contributed by atoms with Gasteiger partial charge in [0, 0.05) is 11.6 Å². The molecule has 1 aromatic carbocycles. The van der Waals surface area contributed by atoms with Crippen LogP contribution in [0, 0.1) is 0 Å². The van der Waals surface area contributed by atoms with Gasteiger partial charge in [-0.05, 0) is 30.5 Å². The second-order valence-electron chi connectivity index (χ2n) is 5.40.